The van der Waals surface area contributed by atoms with Crippen molar-refractivity contribution >= 4 is 27.3 Å². The number of hydrogen-bond acceptors (Lipinski definition) is 4. The van der Waals surface area contributed by atoms with Gasteiger partial charge in [0.1, 0.15) is 5.75 Å². The Bertz CT molecular complexity index is 929. The van der Waals surface area contributed by atoms with E-state index in [1.807, 2.05) is 48.4 Å². The standard InChI is InChI=1S/C21H22N2O2S/c1-14-3-4-16(11-22-14)13-23(12-15-5-6-15)21(24)20-9-17-7-8-18(25-2)10-19(17)26-20/h3-4,7-11,15H,5-6,12-13H2,1-2H3. The molecule has 134 valence electrons. The van der Waals surface area contributed by atoms with Crippen molar-refractivity contribution in [3.63, 3.8) is 0 Å². The first kappa shape index (κ1) is 17.0. The van der Waals surface area contributed by atoms with E-state index in [0.717, 1.165) is 38.5 Å². The Morgan fingerprint density at radius 3 is 2.81 bits per heavy atom. The molecule has 2 aromatic heterocycles. The third-order valence-electron chi connectivity index (χ3n) is 4.75. The Kier molecular flexibility index (Phi) is 4.64. The van der Waals surface area contributed by atoms with Gasteiger partial charge in [0, 0.05) is 29.7 Å². The minimum absolute atomic E-state index is 0.109. The molecule has 0 aliphatic heterocycles. The van der Waals surface area contributed by atoms with Crippen LogP contribution in [0.2, 0.25) is 0 Å². The molecule has 5 heteroatoms. The SMILES string of the molecule is COc1ccc2cc(C(=O)N(Cc3ccc(C)nc3)CC3CC3)sc2c1. The lowest BCUT2D eigenvalue weighted by atomic mass is 10.2. The van der Waals surface area contributed by atoms with Crippen LogP contribution in [0.3, 0.4) is 0 Å². The smallest absolute Gasteiger partial charge is 0.264 e. The van der Waals surface area contributed by atoms with Gasteiger partial charge in [-0.2, -0.15) is 0 Å². The fourth-order valence-electron chi connectivity index (χ4n) is 3.04. The van der Waals surface area contributed by atoms with Gasteiger partial charge in [-0.25, -0.2) is 0 Å². The molecule has 0 unspecified atom stereocenters. The minimum Gasteiger partial charge on any atom is -0.497 e. The first-order chi connectivity index (χ1) is 12.6. The molecule has 2 heterocycles. The largest absolute Gasteiger partial charge is 0.497 e. The second-order valence-corrected chi connectivity index (χ2v) is 8.04. The van der Waals surface area contributed by atoms with Crippen molar-refractivity contribution in [2.45, 2.75) is 26.3 Å². The summed E-state index contributed by atoms with van der Waals surface area (Å²) in [7, 11) is 1.66. The fraction of sp³-hybridized carbons (Fsp3) is 0.333. The first-order valence-electron chi connectivity index (χ1n) is 8.91. The summed E-state index contributed by atoms with van der Waals surface area (Å²) in [6.45, 7) is 3.41. The van der Waals surface area contributed by atoms with E-state index >= 15 is 0 Å². The van der Waals surface area contributed by atoms with Crippen LogP contribution in [0.1, 0.15) is 33.8 Å². The van der Waals surface area contributed by atoms with Crippen molar-refractivity contribution < 1.29 is 9.53 Å². The molecule has 4 nitrogen and oxygen atoms in total. The monoisotopic (exact) mass is 366 g/mol. The number of pyridine rings is 1. The van der Waals surface area contributed by atoms with Crippen molar-refractivity contribution in [1.82, 2.24) is 9.88 Å². The number of hydrogen-bond donors (Lipinski definition) is 0. The van der Waals surface area contributed by atoms with E-state index in [4.69, 9.17) is 4.74 Å². The Labute approximate surface area is 157 Å². The molecule has 0 atom stereocenters. The second kappa shape index (κ2) is 7.08. The number of nitrogens with zero attached hydrogens (tertiary/aromatic N) is 2. The lowest BCUT2D eigenvalue weighted by molar-refractivity contribution is 0.0739. The van der Waals surface area contributed by atoms with Gasteiger partial charge >= 0.3 is 0 Å². The summed E-state index contributed by atoms with van der Waals surface area (Å²) in [6.07, 6.45) is 4.32. The highest BCUT2D eigenvalue weighted by Crippen LogP contribution is 2.33. The lowest BCUT2D eigenvalue weighted by Gasteiger charge is -2.22. The number of ether oxygens (including phenoxy) is 1. The Hall–Kier alpha value is -2.40. The molecule has 1 amide bonds. The predicted molar refractivity (Wildman–Crippen MR) is 105 cm³/mol. The Morgan fingerprint density at radius 1 is 1.27 bits per heavy atom. The van der Waals surface area contributed by atoms with E-state index < -0.39 is 0 Å². The summed E-state index contributed by atoms with van der Waals surface area (Å²) in [5.74, 6) is 1.57. The van der Waals surface area contributed by atoms with Crippen LogP contribution in [0, 0.1) is 12.8 Å². The van der Waals surface area contributed by atoms with E-state index in [2.05, 4.69) is 11.1 Å². The van der Waals surface area contributed by atoms with Crippen LogP contribution >= 0.6 is 11.3 Å². The Morgan fingerprint density at radius 2 is 2.12 bits per heavy atom. The number of amides is 1. The van der Waals surface area contributed by atoms with Gasteiger partial charge in [-0.15, -0.1) is 11.3 Å². The quantitative estimate of drug-likeness (QED) is 0.637. The van der Waals surface area contributed by atoms with Crippen LogP contribution in [0.4, 0.5) is 0 Å². The van der Waals surface area contributed by atoms with Gasteiger partial charge in [-0.3, -0.25) is 9.78 Å². The molecule has 1 aliphatic rings. The van der Waals surface area contributed by atoms with Crippen LogP contribution < -0.4 is 4.74 Å². The van der Waals surface area contributed by atoms with Crippen molar-refractivity contribution in [2.75, 3.05) is 13.7 Å². The minimum atomic E-state index is 0.109. The van der Waals surface area contributed by atoms with Crippen LogP contribution in [0.5, 0.6) is 5.75 Å². The molecular formula is C21H22N2O2S. The van der Waals surface area contributed by atoms with Gasteiger partial charge in [-0.05, 0) is 67.0 Å². The number of aromatic nitrogens is 1. The number of fused-ring (bicyclic) bond motifs is 1. The third-order valence-corrected chi connectivity index (χ3v) is 5.83. The zero-order chi connectivity index (χ0) is 18.1. The molecule has 3 aromatic rings. The zero-order valence-corrected chi connectivity index (χ0v) is 15.9. The van der Waals surface area contributed by atoms with Gasteiger partial charge in [-0.1, -0.05) is 6.07 Å². The van der Waals surface area contributed by atoms with Crippen LogP contribution in [0.25, 0.3) is 10.1 Å². The molecule has 26 heavy (non-hydrogen) atoms. The Balaban J connectivity index is 1.59. The maximum absolute atomic E-state index is 13.2. The maximum Gasteiger partial charge on any atom is 0.264 e. The van der Waals surface area contributed by atoms with Gasteiger partial charge < -0.3 is 9.64 Å². The average molecular weight is 366 g/mol. The highest BCUT2D eigenvalue weighted by atomic mass is 32.1. The topological polar surface area (TPSA) is 42.4 Å². The van der Waals surface area contributed by atoms with Crippen LogP contribution in [0.15, 0.2) is 42.6 Å². The van der Waals surface area contributed by atoms with Crippen molar-refractivity contribution in [2.24, 2.45) is 5.92 Å². The summed E-state index contributed by atoms with van der Waals surface area (Å²) in [5.41, 5.74) is 2.07. The second-order valence-electron chi connectivity index (χ2n) is 6.95. The highest BCUT2D eigenvalue weighted by molar-refractivity contribution is 7.20. The van der Waals surface area contributed by atoms with Crippen molar-refractivity contribution in [3.05, 3.63) is 58.7 Å². The molecule has 0 bridgehead atoms. The number of thiophene rings is 1. The van der Waals surface area contributed by atoms with Gasteiger partial charge in [0.25, 0.3) is 5.91 Å². The van der Waals surface area contributed by atoms with Crippen molar-refractivity contribution in [1.29, 1.82) is 0 Å². The molecule has 0 saturated heterocycles. The number of carbonyl (C=O) groups is 1. The molecular weight excluding hydrogens is 344 g/mol. The van der Waals surface area contributed by atoms with Crippen molar-refractivity contribution in [3.8, 4) is 5.75 Å². The average Bonchev–Trinajstić information content (AvgIpc) is 3.37. The predicted octanol–water partition coefficient (Wildman–Crippen LogP) is 4.67. The third kappa shape index (κ3) is 3.73. The summed E-state index contributed by atoms with van der Waals surface area (Å²) < 4.78 is 6.37. The summed E-state index contributed by atoms with van der Waals surface area (Å²) in [4.78, 5) is 20.3. The molecule has 1 aliphatic carbocycles. The first-order valence-corrected chi connectivity index (χ1v) is 9.72. The molecule has 1 aromatic carbocycles. The van der Waals surface area contributed by atoms with E-state index in [1.165, 1.54) is 24.2 Å². The number of methoxy groups -OCH3 is 1. The van der Waals surface area contributed by atoms with E-state index in [-0.39, 0.29) is 5.91 Å². The van der Waals surface area contributed by atoms with Gasteiger partial charge in [0.15, 0.2) is 0 Å². The maximum atomic E-state index is 13.2. The number of aryl methyl sites for hydroxylation is 1. The molecule has 1 fully saturated rings. The van der Waals surface area contributed by atoms with E-state index in [9.17, 15) is 4.79 Å². The van der Waals surface area contributed by atoms with Crippen LogP contribution in [-0.4, -0.2) is 29.4 Å². The normalized spacial score (nSPS) is 13.8. The van der Waals surface area contributed by atoms with Gasteiger partial charge in [0.2, 0.25) is 0 Å². The van der Waals surface area contributed by atoms with Crippen LogP contribution in [-0.2, 0) is 6.54 Å². The molecule has 4 rings (SSSR count). The number of rotatable bonds is 6. The summed E-state index contributed by atoms with van der Waals surface area (Å²) in [5, 5.41) is 1.09. The number of carbonyl (C=O) groups excluding carboxylic acids is 1. The lowest BCUT2D eigenvalue weighted by Crippen LogP contribution is -2.32. The molecule has 0 N–H and O–H groups in total. The van der Waals surface area contributed by atoms with Gasteiger partial charge in [0.05, 0.1) is 12.0 Å². The van der Waals surface area contributed by atoms with E-state index in [1.54, 1.807) is 7.11 Å². The summed E-state index contributed by atoms with van der Waals surface area (Å²) >= 11 is 1.54. The van der Waals surface area contributed by atoms with E-state index in [0.29, 0.717) is 12.5 Å². The highest BCUT2D eigenvalue weighted by Gasteiger charge is 2.28. The molecule has 0 radical (unpaired) electrons. The summed E-state index contributed by atoms with van der Waals surface area (Å²) in [6, 6.07) is 12.0. The molecule has 0 spiro atoms. The zero-order valence-electron chi connectivity index (χ0n) is 15.1. The number of benzene rings is 1. The fourth-order valence-corrected chi connectivity index (χ4v) is 4.10. The molecule has 1 saturated carbocycles.